The average molecular weight is 474 g/mol. The van der Waals surface area contributed by atoms with E-state index in [1.165, 1.54) is 10.9 Å². The van der Waals surface area contributed by atoms with Crippen LogP contribution in [0.5, 0.6) is 5.75 Å². The van der Waals surface area contributed by atoms with Crippen molar-refractivity contribution in [1.29, 1.82) is 0 Å². The van der Waals surface area contributed by atoms with Crippen LogP contribution >= 0.6 is 27.2 Å². The van der Waals surface area contributed by atoms with Gasteiger partial charge in [0.15, 0.2) is 0 Å². The summed E-state index contributed by atoms with van der Waals surface area (Å²) in [5.74, 6) is 0.430. The van der Waals surface area contributed by atoms with Gasteiger partial charge < -0.3 is 5.11 Å². The number of nitrogens with zero attached hydrogens (tertiary/aromatic N) is 1. The van der Waals surface area contributed by atoms with E-state index in [1.54, 1.807) is 0 Å². The van der Waals surface area contributed by atoms with Crippen molar-refractivity contribution >= 4 is 44.0 Å². The van der Waals surface area contributed by atoms with Crippen LogP contribution in [-0.2, 0) is 22.4 Å². The van der Waals surface area contributed by atoms with E-state index in [9.17, 15) is 5.11 Å². The molecule has 0 aliphatic heterocycles. The zero-order chi connectivity index (χ0) is 21.5. The van der Waals surface area contributed by atoms with Crippen molar-refractivity contribution in [3.8, 4) is 5.75 Å². The van der Waals surface area contributed by atoms with Crippen LogP contribution in [0.4, 0.5) is 0 Å². The summed E-state index contributed by atoms with van der Waals surface area (Å²) in [4.78, 5) is 4.64. The van der Waals surface area contributed by atoms with Gasteiger partial charge in [-0.05, 0) is 50.0 Å². The van der Waals surface area contributed by atoms with Gasteiger partial charge in [0.05, 0.1) is 5.54 Å². The Kier molecular flexibility index (Phi) is 10.2. The van der Waals surface area contributed by atoms with Crippen molar-refractivity contribution < 1.29 is 22.1 Å². The molecule has 0 aliphatic carbocycles. The second-order valence-corrected chi connectivity index (χ2v) is 12.6. The number of halogens is 2. The molecular formula is C22H30Cl2NOPTi. The second kappa shape index (κ2) is 11.1. The molecule has 2 aromatic rings. The molecule has 1 unspecified atom stereocenters. The van der Waals surface area contributed by atoms with Crippen LogP contribution < -0.4 is 10.6 Å². The SMILES string of the molecule is Cc1cc(Pc2ccccc2C=NC(C)(C)C)c(O)c(C(C)(C)C)c1.[Cl][Ti][Cl]. The summed E-state index contributed by atoms with van der Waals surface area (Å²) in [6, 6.07) is 12.5. The summed E-state index contributed by atoms with van der Waals surface area (Å²) in [5.41, 5.74) is 3.14. The van der Waals surface area contributed by atoms with Crippen molar-refractivity contribution in [2.75, 3.05) is 0 Å². The monoisotopic (exact) mass is 473 g/mol. The number of phenols is 1. The van der Waals surface area contributed by atoms with Crippen molar-refractivity contribution in [1.82, 2.24) is 0 Å². The topological polar surface area (TPSA) is 32.6 Å². The van der Waals surface area contributed by atoms with E-state index in [2.05, 4.69) is 77.7 Å². The van der Waals surface area contributed by atoms with Crippen LogP contribution in [-0.4, -0.2) is 16.9 Å². The average Bonchev–Trinajstić information content (AvgIpc) is 2.56. The van der Waals surface area contributed by atoms with Gasteiger partial charge in [-0.15, -0.1) is 0 Å². The van der Waals surface area contributed by atoms with Gasteiger partial charge in [-0.1, -0.05) is 59.7 Å². The molecule has 2 aromatic carbocycles. The van der Waals surface area contributed by atoms with Crippen LogP contribution in [0.1, 0.15) is 58.2 Å². The number of aryl methyl sites for hydroxylation is 1. The molecule has 0 heterocycles. The van der Waals surface area contributed by atoms with E-state index in [0.29, 0.717) is 14.3 Å². The molecule has 2 nitrogen and oxygen atoms in total. The van der Waals surface area contributed by atoms with E-state index in [-0.39, 0.29) is 11.0 Å². The third-order valence-corrected chi connectivity index (χ3v) is 5.26. The van der Waals surface area contributed by atoms with Crippen LogP contribution in [0.2, 0.25) is 0 Å². The van der Waals surface area contributed by atoms with Crippen LogP contribution in [0, 0.1) is 6.92 Å². The summed E-state index contributed by atoms with van der Waals surface area (Å²) in [7, 11) is 10.2. The summed E-state index contributed by atoms with van der Waals surface area (Å²) >= 11 is -0.556. The van der Waals surface area contributed by atoms with Gasteiger partial charge in [0.25, 0.3) is 0 Å². The fourth-order valence-electron chi connectivity index (χ4n) is 2.58. The Balaban J connectivity index is 0.00000122. The zero-order valence-corrected chi connectivity index (χ0v) is 21.8. The van der Waals surface area contributed by atoms with Crippen molar-refractivity contribution in [3.05, 3.63) is 53.1 Å². The Morgan fingerprint density at radius 1 is 1.00 bits per heavy atom. The normalized spacial score (nSPS) is 12.3. The second-order valence-electron chi connectivity index (χ2n) is 8.67. The van der Waals surface area contributed by atoms with Gasteiger partial charge in [-0.3, -0.25) is 4.99 Å². The van der Waals surface area contributed by atoms with E-state index >= 15 is 0 Å². The van der Waals surface area contributed by atoms with E-state index < -0.39 is 17.0 Å². The maximum atomic E-state index is 10.8. The molecule has 28 heavy (non-hydrogen) atoms. The molecular weight excluding hydrogens is 444 g/mol. The first-order valence-corrected chi connectivity index (χ1v) is 14.4. The number of hydrogen-bond acceptors (Lipinski definition) is 2. The Morgan fingerprint density at radius 2 is 1.57 bits per heavy atom. The Hall–Kier alpha value is -0.366. The summed E-state index contributed by atoms with van der Waals surface area (Å²) in [5, 5.41) is 13.0. The molecule has 0 radical (unpaired) electrons. The van der Waals surface area contributed by atoms with E-state index in [1.807, 2.05) is 18.3 Å². The quantitative estimate of drug-likeness (QED) is 0.320. The first-order chi connectivity index (χ1) is 12.9. The molecule has 0 spiro atoms. The number of rotatable bonds is 3. The number of aliphatic imine (C=N–C) groups is 1. The van der Waals surface area contributed by atoms with Crippen molar-refractivity contribution in [2.24, 2.45) is 4.99 Å². The number of benzene rings is 2. The fraction of sp³-hybridized carbons (Fsp3) is 0.409. The van der Waals surface area contributed by atoms with Gasteiger partial charge in [-0.25, -0.2) is 0 Å². The predicted molar refractivity (Wildman–Crippen MR) is 125 cm³/mol. The number of phenolic OH excluding ortho intramolecular Hbond substituents is 1. The van der Waals surface area contributed by atoms with Crippen LogP contribution in [0.25, 0.3) is 0 Å². The molecule has 0 fully saturated rings. The van der Waals surface area contributed by atoms with Crippen LogP contribution in [0.3, 0.4) is 0 Å². The Labute approximate surface area is 188 Å². The maximum absolute atomic E-state index is 10.8. The first-order valence-electron chi connectivity index (χ1n) is 9.10. The summed E-state index contributed by atoms with van der Waals surface area (Å²) in [6.07, 6.45) is 1.96. The Bertz CT molecular complexity index is 811. The molecule has 2 rings (SSSR count). The fourth-order valence-corrected chi connectivity index (χ4v) is 3.89. The summed E-state index contributed by atoms with van der Waals surface area (Å²) in [6.45, 7) is 14.8. The minimum atomic E-state index is -0.556. The Morgan fingerprint density at radius 3 is 2.11 bits per heavy atom. The first kappa shape index (κ1) is 25.7. The van der Waals surface area contributed by atoms with Gasteiger partial charge >= 0.3 is 35.6 Å². The van der Waals surface area contributed by atoms with Gasteiger partial charge in [0.1, 0.15) is 5.75 Å². The summed E-state index contributed by atoms with van der Waals surface area (Å²) < 4.78 is 0. The molecule has 1 atom stereocenters. The molecule has 0 aromatic heterocycles. The molecule has 0 amide bonds. The number of aromatic hydroxyl groups is 1. The van der Waals surface area contributed by atoms with Gasteiger partial charge in [-0.2, -0.15) is 0 Å². The molecule has 0 saturated heterocycles. The molecule has 152 valence electrons. The third kappa shape index (κ3) is 8.56. The van der Waals surface area contributed by atoms with Gasteiger partial charge in [0, 0.05) is 22.6 Å². The van der Waals surface area contributed by atoms with Gasteiger partial charge in [0.2, 0.25) is 0 Å². The van der Waals surface area contributed by atoms with E-state index in [0.717, 1.165) is 16.4 Å². The molecule has 1 N–H and O–H groups in total. The molecule has 0 aliphatic rings. The number of hydrogen-bond donors (Lipinski definition) is 1. The van der Waals surface area contributed by atoms with Crippen molar-refractivity contribution in [3.63, 3.8) is 0 Å². The minimum absolute atomic E-state index is 0.0808. The van der Waals surface area contributed by atoms with E-state index in [4.69, 9.17) is 18.6 Å². The molecule has 0 bridgehead atoms. The standard InChI is InChI=1S/C22H30NOP.2ClH.Ti/c1-15-12-17(21(2,3)4)20(24)19(13-15)25-18-11-9-8-10-16(18)14-23-22(5,6)7;;;/h8-14,24-25H,1-7H3;2*1H;/q;;;+2/p-2. The van der Waals surface area contributed by atoms with Crippen molar-refractivity contribution in [2.45, 2.75) is 59.4 Å². The zero-order valence-electron chi connectivity index (χ0n) is 17.7. The van der Waals surface area contributed by atoms with Crippen LogP contribution in [0.15, 0.2) is 41.4 Å². The predicted octanol–water partition coefficient (Wildman–Crippen LogP) is 6.22. The molecule has 6 heteroatoms. The molecule has 0 saturated carbocycles. The third-order valence-electron chi connectivity index (χ3n) is 3.88.